The van der Waals surface area contributed by atoms with Crippen molar-refractivity contribution in [3.8, 4) is 6.07 Å². The number of nitrogens with zero attached hydrogens (tertiary/aromatic N) is 6. The lowest BCUT2D eigenvalue weighted by molar-refractivity contribution is -0.126. The van der Waals surface area contributed by atoms with E-state index in [1.807, 2.05) is 6.07 Å². The minimum absolute atomic E-state index is 0.185. The van der Waals surface area contributed by atoms with Crippen LogP contribution in [0.2, 0.25) is 0 Å². The number of rotatable bonds is 8. The average molecular weight is 639 g/mol. The molecule has 2 aliphatic heterocycles. The molecule has 1 aromatic carbocycles. The van der Waals surface area contributed by atoms with E-state index in [-0.39, 0.29) is 10.9 Å². The van der Waals surface area contributed by atoms with Gasteiger partial charge in [0.2, 0.25) is 0 Å². The number of hydrogen-bond donors (Lipinski definition) is 2. The van der Waals surface area contributed by atoms with E-state index < -0.39 is 12.6 Å². The summed E-state index contributed by atoms with van der Waals surface area (Å²) in [5.41, 5.74) is 4.30. The third-order valence-corrected chi connectivity index (χ3v) is 10.4. The fourth-order valence-corrected chi connectivity index (χ4v) is 8.09. The highest BCUT2D eigenvalue weighted by molar-refractivity contribution is 7.18. The zero-order chi connectivity index (χ0) is 31.9. The van der Waals surface area contributed by atoms with Gasteiger partial charge >= 0.3 is 6.18 Å². The average Bonchev–Trinajstić information content (AvgIpc) is 3.55. The Morgan fingerprint density at radius 1 is 1.11 bits per heavy atom. The van der Waals surface area contributed by atoms with E-state index in [0.717, 1.165) is 74.3 Å². The third-order valence-electron chi connectivity index (χ3n) is 9.31. The molecule has 5 heterocycles. The number of anilines is 1. The Kier molecular flexibility index (Phi) is 9.07. The predicted molar refractivity (Wildman–Crippen MR) is 174 cm³/mol. The Morgan fingerprint density at radius 2 is 1.84 bits per heavy atom. The number of likely N-dealkylation sites (tertiary alicyclic amines) is 1. The smallest absolute Gasteiger partial charge is 0.367 e. The van der Waals surface area contributed by atoms with Crippen molar-refractivity contribution in [2.45, 2.75) is 90.4 Å². The van der Waals surface area contributed by atoms with Gasteiger partial charge in [-0.25, -0.2) is 9.97 Å². The number of aromatic nitrogens is 3. The second-order valence-corrected chi connectivity index (χ2v) is 14.1. The molecule has 8 nitrogen and oxygen atoms in total. The topological polar surface area (TPSA) is 85.0 Å². The van der Waals surface area contributed by atoms with Crippen LogP contribution in [-0.4, -0.2) is 80.9 Å². The van der Waals surface area contributed by atoms with Gasteiger partial charge in [0, 0.05) is 79.2 Å². The molecule has 0 amide bonds. The second-order valence-electron chi connectivity index (χ2n) is 12.9. The van der Waals surface area contributed by atoms with Crippen molar-refractivity contribution in [3.05, 3.63) is 52.3 Å². The number of fused-ring (bicyclic) bond motifs is 2. The van der Waals surface area contributed by atoms with Crippen LogP contribution in [-0.2, 0) is 19.5 Å². The quantitative estimate of drug-likeness (QED) is 0.242. The molecular weight excluding hydrogens is 597 g/mol. The van der Waals surface area contributed by atoms with Gasteiger partial charge in [0.15, 0.2) is 0 Å². The fourth-order valence-electron chi connectivity index (χ4n) is 7.07. The first-order valence-electron chi connectivity index (χ1n) is 15.8. The van der Waals surface area contributed by atoms with Crippen LogP contribution >= 0.6 is 11.3 Å². The molecule has 2 saturated heterocycles. The first kappa shape index (κ1) is 31.7. The number of benzene rings is 1. The Bertz CT molecular complexity index is 1690. The highest BCUT2D eigenvalue weighted by Gasteiger charge is 2.30. The first-order valence-corrected chi connectivity index (χ1v) is 16.6. The summed E-state index contributed by atoms with van der Waals surface area (Å²) < 4.78 is 41.0. The molecule has 240 valence electrons. The summed E-state index contributed by atoms with van der Waals surface area (Å²) in [6, 6.07) is 11.8. The molecule has 45 heavy (non-hydrogen) atoms. The predicted octanol–water partition coefficient (Wildman–Crippen LogP) is 6.08. The van der Waals surface area contributed by atoms with Gasteiger partial charge in [0.25, 0.3) is 0 Å². The van der Waals surface area contributed by atoms with Gasteiger partial charge in [-0.05, 0) is 69.9 Å². The van der Waals surface area contributed by atoms with Crippen molar-refractivity contribution in [1.82, 2.24) is 29.7 Å². The number of nitriles is 1. The minimum atomic E-state index is -4.25. The summed E-state index contributed by atoms with van der Waals surface area (Å²) >= 11 is 1.07. The lowest BCUT2D eigenvalue weighted by Gasteiger charge is -2.40. The maximum atomic E-state index is 12.9. The number of alkyl halides is 3. The van der Waals surface area contributed by atoms with Crippen molar-refractivity contribution in [1.29, 1.82) is 5.26 Å². The molecule has 0 bridgehead atoms. The summed E-state index contributed by atoms with van der Waals surface area (Å²) in [6.07, 6.45) is -1.97. The molecule has 6 rings (SSSR count). The van der Waals surface area contributed by atoms with Crippen LogP contribution < -0.4 is 10.6 Å². The molecule has 3 aromatic heterocycles. The number of nitrogens with one attached hydrogen (secondary N) is 2. The van der Waals surface area contributed by atoms with Crippen molar-refractivity contribution in [3.63, 3.8) is 0 Å². The molecule has 0 unspecified atom stereocenters. The van der Waals surface area contributed by atoms with Gasteiger partial charge in [-0.3, -0.25) is 9.80 Å². The maximum absolute atomic E-state index is 12.9. The van der Waals surface area contributed by atoms with E-state index in [9.17, 15) is 18.4 Å². The van der Waals surface area contributed by atoms with Crippen LogP contribution in [0.1, 0.15) is 55.3 Å². The van der Waals surface area contributed by atoms with E-state index in [1.54, 1.807) is 6.07 Å². The van der Waals surface area contributed by atoms with E-state index in [2.05, 4.69) is 80.9 Å². The van der Waals surface area contributed by atoms with Crippen LogP contribution in [0.25, 0.3) is 21.1 Å². The van der Waals surface area contributed by atoms with Crippen molar-refractivity contribution in [2.75, 3.05) is 31.5 Å². The molecule has 2 N–H and O–H groups in total. The van der Waals surface area contributed by atoms with Gasteiger partial charge < -0.3 is 15.2 Å². The van der Waals surface area contributed by atoms with Crippen LogP contribution in [0, 0.1) is 18.3 Å². The number of halogens is 3. The van der Waals surface area contributed by atoms with Gasteiger partial charge in [-0.15, -0.1) is 11.3 Å². The third kappa shape index (κ3) is 7.12. The van der Waals surface area contributed by atoms with E-state index in [1.165, 1.54) is 17.5 Å². The zero-order valence-corrected chi connectivity index (χ0v) is 27.1. The number of piperazine rings is 1. The molecular formula is C33H41F3N8S. The highest BCUT2D eigenvalue weighted by Crippen LogP contribution is 2.33. The zero-order valence-electron chi connectivity index (χ0n) is 26.3. The lowest BCUT2D eigenvalue weighted by atomic mass is 10.0. The van der Waals surface area contributed by atoms with Crippen LogP contribution in [0.4, 0.5) is 19.0 Å². The SMILES string of the molecule is Cc1c(CN2CCC(Nc3ncnc4sc(CC(F)(F)F)cc34)CC2)ccc2c1cc(C#N)n2C[C@H](C)N1C[C@@H](C)N[C@@H](C)C1. The van der Waals surface area contributed by atoms with Crippen molar-refractivity contribution < 1.29 is 13.2 Å². The molecule has 0 spiro atoms. The van der Waals surface area contributed by atoms with E-state index in [4.69, 9.17) is 0 Å². The summed E-state index contributed by atoms with van der Waals surface area (Å²) in [5.74, 6) is 0.609. The number of aryl methyl sites for hydroxylation is 1. The summed E-state index contributed by atoms with van der Waals surface area (Å²) in [4.78, 5) is 14.4. The van der Waals surface area contributed by atoms with Crippen molar-refractivity contribution in [2.24, 2.45) is 0 Å². The molecule has 0 radical (unpaired) electrons. The van der Waals surface area contributed by atoms with Crippen LogP contribution in [0.3, 0.4) is 0 Å². The summed E-state index contributed by atoms with van der Waals surface area (Å²) in [5, 5.41) is 18.9. The molecule has 12 heteroatoms. The summed E-state index contributed by atoms with van der Waals surface area (Å²) in [7, 11) is 0. The van der Waals surface area contributed by atoms with Crippen LogP contribution in [0.5, 0.6) is 0 Å². The summed E-state index contributed by atoms with van der Waals surface area (Å²) in [6.45, 7) is 14.3. The largest absolute Gasteiger partial charge is 0.393 e. The lowest BCUT2D eigenvalue weighted by Crippen LogP contribution is -2.57. The molecule has 4 aromatic rings. The first-order chi connectivity index (χ1) is 21.5. The number of piperidine rings is 1. The number of hydrogen-bond acceptors (Lipinski definition) is 8. The molecule has 2 aliphatic rings. The van der Waals surface area contributed by atoms with Gasteiger partial charge in [0.05, 0.1) is 11.8 Å². The fraction of sp³-hybridized carbons (Fsp3) is 0.545. The van der Waals surface area contributed by atoms with Gasteiger partial charge in [-0.2, -0.15) is 18.4 Å². The number of thiophene rings is 1. The minimum Gasteiger partial charge on any atom is -0.367 e. The Labute approximate surface area is 266 Å². The molecule has 2 fully saturated rings. The Hall–Kier alpha value is -3.24. The Balaban J connectivity index is 1.10. The maximum Gasteiger partial charge on any atom is 0.393 e. The monoisotopic (exact) mass is 638 g/mol. The Morgan fingerprint density at radius 3 is 2.53 bits per heavy atom. The second kappa shape index (κ2) is 12.9. The van der Waals surface area contributed by atoms with Gasteiger partial charge in [0.1, 0.15) is 28.7 Å². The normalized spacial score (nSPS) is 21.4. The van der Waals surface area contributed by atoms with E-state index in [0.29, 0.717) is 39.9 Å². The van der Waals surface area contributed by atoms with Gasteiger partial charge in [-0.1, -0.05) is 6.07 Å². The van der Waals surface area contributed by atoms with Crippen LogP contribution in [0.15, 0.2) is 30.6 Å². The molecule has 0 aliphatic carbocycles. The molecule has 0 saturated carbocycles. The van der Waals surface area contributed by atoms with E-state index >= 15 is 0 Å². The molecule has 3 atom stereocenters. The standard InChI is InChI=1S/C33H41F3N8S/c1-20-15-43(16-21(2)40-20)22(3)17-44-26(14-37)11-28-23(4)24(5-6-30(28)44)18-42-9-7-25(8-10-42)41-31-29-12-27(13-33(34,35)36)45-32(29)39-19-38-31/h5-6,11-12,19-22,25,40H,7-10,13,15-18H2,1-4H3,(H,38,39,41)/t20-,21+,22-/m0/s1. The van der Waals surface area contributed by atoms with Crippen molar-refractivity contribution >= 4 is 38.3 Å². The highest BCUT2D eigenvalue weighted by atomic mass is 32.1.